The zero-order valence-electron chi connectivity index (χ0n) is 28.5. The van der Waals surface area contributed by atoms with E-state index < -0.39 is 0 Å². The lowest BCUT2D eigenvalue weighted by Gasteiger charge is -2.38. The molecule has 2 heterocycles. The maximum Gasteiger partial charge on any atom is 0.306 e. The van der Waals surface area contributed by atoms with Gasteiger partial charge in [0.1, 0.15) is 12.4 Å². The van der Waals surface area contributed by atoms with Gasteiger partial charge in [-0.3, -0.25) is 9.59 Å². The van der Waals surface area contributed by atoms with Gasteiger partial charge in [-0.25, -0.2) is 0 Å². The molecule has 250 valence electrons. The van der Waals surface area contributed by atoms with E-state index >= 15 is 0 Å². The van der Waals surface area contributed by atoms with Crippen molar-refractivity contribution in [3.8, 4) is 5.75 Å². The van der Waals surface area contributed by atoms with E-state index in [4.69, 9.17) is 9.47 Å². The molecule has 0 aliphatic carbocycles. The fourth-order valence-corrected chi connectivity index (χ4v) is 7.08. The fraction of sp³-hybridized carbons (Fsp3) is 0.381. The summed E-state index contributed by atoms with van der Waals surface area (Å²) in [5, 5.41) is 1.92. The fourth-order valence-electron chi connectivity index (χ4n) is 7.08. The predicted octanol–water partition coefficient (Wildman–Crippen LogP) is 8.34. The number of aryl methyl sites for hydroxylation is 1. The van der Waals surface area contributed by atoms with Gasteiger partial charge in [0.15, 0.2) is 0 Å². The SMILES string of the molecule is CC1(C)CCCN(CCCOc2ccc(C3=CCN(C(=O)c4ccc(CCC(=O)OCc5ccccc5)c5ccccc45)CC3)cc2)C1. The Labute approximate surface area is 285 Å². The number of fused-ring (bicyclic) bond motifs is 1. The van der Waals surface area contributed by atoms with Crippen molar-refractivity contribution in [2.75, 3.05) is 39.3 Å². The van der Waals surface area contributed by atoms with Gasteiger partial charge in [-0.2, -0.15) is 0 Å². The van der Waals surface area contributed by atoms with Crippen molar-refractivity contribution in [3.63, 3.8) is 0 Å². The summed E-state index contributed by atoms with van der Waals surface area (Å²) in [6.45, 7) is 10.5. The molecule has 0 radical (unpaired) electrons. The molecule has 0 spiro atoms. The van der Waals surface area contributed by atoms with Crippen molar-refractivity contribution in [1.29, 1.82) is 0 Å². The van der Waals surface area contributed by atoms with E-state index in [2.05, 4.69) is 49.1 Å². The minimum Gasteiger partial charge on any atom is -0.494 e. The lowest BCUT2D eigenvalue weighted by molar-refractivity contribution is -0.144. The van der Waals surface area contributed by atoms with Gasteiger partial charge in [0.2, 0.25) is 0 Å². The first kappa shape index (κ1) is 33.5. The van der Waals surface area contributed by atoms with Crippen molar-refractivity contribution in [2.24, 2.45) is 5.41 Å². The van der Waals surface area contributed by atoms with Crippen LogP contribution in [0.25, 0.3) is 16.3 Å². The van der Waals surface area contributed by atoms with Gasteiger partial charge in [-0.1, -0.05) is 92.7 Å². The second-order valence-electron chi connectivity index (χ2n) is 14.0. The number of piperidine rings is 1. The zero-order valence-corrected chi connectivity index (χ0v) is 28.5. The molecular formula is C42H48N2O4. The average Bonchev–Trinajstić information content (AvgIpc) is 3.11. The van der Waals surface area contributed by atoms with Crippen LogP contribution < -0.4 is 4.74 Å². The maximum absolute atomic E-state index is 13.8. The summed E-state index contributed by atoms with van der Waals surface area (Å²) in [4.78, 5) is 30.7. The first-order valence-corrected chi connectivity index (χ1v) is 17.5. The normalized spacial score (nSPS) is 16.4. The molecule has 0 saturated carbocycles. The van der Waals surface area contributed by atoms with E-state index in [1.54, 1.807) is 0 Å². The van der Waals surface area contributed by atoms with Crippen molar-refractivity contribution in [3.05, 3.63) is 119 Å². The van der Waals surface area contributed by atoms with E-state index in [-0.39, 0.29) is 24.9 Å². The van der Waals surface area contributed by atoms with Gasteiger partial charge >= 0.3 is 5.97 Å². The highest BCUT2D eigenvalue weighted by Gasteiger charge is 2.26. The first-order valence-electron chi connectivity index (χ1n) is 17.5. The highest BCUT2D eigenvalue weighted by Crippen LogP contribution is 2.30. The molecule has 6 nitrogen and oxygen atoms in total. The molecule has 6 heteroatoms. The largest absolute Gasteiger partial charge is 0.494 e. The second-order valence-corrected chi connectivity index (χ2v) is 14.0. The van der Waals surface area contributed by atoms with Crippen LogP contribution in [0.15, 0.2) is 97.1 Å². The van der Waals surface area contributed by atoms with Crippen molar-refractivity contribution in [2.45, 2.75) is 59.0 Å². The second kappa shape index (κ2) is 15.7. The summed E-state index contributed by atoms with van der Waals surface area (Å²) in [5.41, 5.74) is 5.58. The minimum atomic E-state index is -0.228. The van der Waals surface area contributed by atoms with Crippen LogP contribution in [0.3, 0.4) is 0 Å². The molecule has 1 fully saturated rings. The van der Waals surface area contributed by atoms with Crippen molar-refractivity contribution in [1.82, 2.24) is 9.80 Å². The van der Waals surface area contributed by atoms with Crippen LogP contribution >= 0.6 is 0 Å². The lowest BCUT2D eigenvalue weighted by atomic mass is 9.84. The van der Waals surface area contributed by atoms with E-state index in [9.17, 15) is 9.59 Å². The van der Waals surface area contributed by atoms with Gasteiger partial charge < -0.3 is 19.3 Å². The van der Waals surface area contributed by atoms with Crippen LogP contribution in [0.4, 0.5) is 0 Å². The summed E-state index contributed by atoms with van der Waals surface area (Å²) < 4.78 is 11.5. The number of likely N-dealkylation sites (tertiary alicyclic amines) is 1. The van der Waals surface area contributed by atoms with Crippen LogP contribution in [-0.2, 0) is 22.6 Å². The molecule has 0 aromatic heterocycles. The Morgan fingerprint density at radius 3 is 2.38 bits per heavy atom. The number of nitrogens with zero attached hydrogens (tertiary/aromatic N) is 2. The summed E-state index contributed by atoms with van der Waals surface area (Å²) >= 11 is 0. The molecule has 1 amide bonds. The monoisotopic (exact) mass is 644 g/mol. The molecule has 0 unspecified atom stereocenters. The Kier molecular flexibility index (Phi) is 10.9. The van der Waals surface area contributed by atoms with E-state index in [1.165, 1.54) is 37.1 Å². The molecule has 0 atom stereocenters. The standard InChI is InChI=1S/C42H48N2O4/c1-42(2)24-8-25-43(31-42)26-9-29-47-36-18-14-33(15-19-36)34-22-27-44(28-23-34)41(46)39-20-16-35(37-12-6-7-13-38(37)39)17-21-40(45)48-30-32-10-4-3-5-11-32/h3-7,10-16,18-20,22H,8-9,17,21,23-31H2,1-2H3. The zero-order chi connectivity index (χ0) is 33.3. The van der Waals surface area contributed by atoms with Crippen LogP contribution in [0.5, 0.6) is 5.75 Å². The quantitative estimate of drug-likeness (QED) is 0.115. The highest BCUT2D eigenvalue weighted by atomic mass is 16.5. The molecule has 4 aromatic rings. The third-order valence-corrected chi connectivity index (χ3v) is 9.67. The number of carbonyl (C=O) groups excluding carboxylic acids is 2. The van der Waals surface area contributed by atoms with Gasteiger partial charge in [0.05, 0.1) is 6.61 Å². The lowest BCUT2D eigenvalue weighted by Crippen LogP contribution is -2.40. The van der Waals surface area contributed by atoms with Crippen molar-refractivity contribution >= 4 is 28.2 Å². The minimum absolute atomic E-state index is 0.0344. The third kappa shape index (κ3) is 8.73. The van der Waals surface area contributed by atoms with Crippen LogP contribution in [-0.4, -0.2) is 61.0 Å². The molecule has 0 N–H and O–H groups in total. The summed E-state index contributed by atoms with van der Waals surface area (Å²) in [7, 11) is 0. The van der Waals surface area contributed by atoms with Gasteiger partial charge in [-0.05, 0) is 95.3 Å². The third-order valence-electron chi connectivity index (χ3n) is 9.67. The number of hydrogen-bond acceptors (Lipinski definition) is 5. The van der Waals surface area contributed by atoms with Crippen LogP contribution in [0, 0.1) is 5.41 Å². The molecule has 2 aliphatic heterocycles. The average molecular weight is 645 g/mol. The number of benzene rings is 4. The topological polar surface area (TPSA) is 59.1 Å². The summed E-state index contributed by atoms with van der Waals surface area (Å²) in [6, 6.07) is 30.0. The summed E-state index contributed by atoms with van der Waals surface area (Å²) in [6.07, 6.45) is 7.47. The molecule has 4 aromatic carbocycles. The number of hydrogen-bond donors (Lipinski definition) is 0. The van der Waals surface area contributed by atoms with E-state index in [0.717, 1.165) is 53.6 Å². The van der Waals surface area contributed by atoms with E-state index in [0.29, 0.717) is 30.5 Å². The molecular weight excluding hydrogens is 596 g/mol. The maximum atomic E-state index is 13.8. The Balaban J connectivity index is 1.00. The Bertz CT molecular complexity index is 1730. The number of carbonyl (C=O) groups is 2. The Morgan fingerprint density at radius 2 is 1.62 bits per heavy atom. The molecule has 1 saturated heterocycles. The van der Waals surface area contributed by atoms with Crippen LogP contribution in [0.2, 0.25) is 0 Å². The highest BCUT2D eigenvalue weighted by molar-refractivity contribution is 6.08. The van der Waals surface area contributed by atoms with Gasteiger partial charge in [0, 0.05) is 38.2 Å². The molecule has 48 heavy (non-hydrogen) atoms. The Morgan fingerprint density at radius 1 is 0.854 bits per heavy atom. The van der Waals surface area contributed by atoms with E-state index in [1.807, 2.05) is 71.6 Å². The molecule has 6 rings (SSSR count). The number of ether oxygens (including phenoxy) is 2. The predicted molar refractivity (Wildman–Crippen MR) is 193 cm³/mol. The first-order chi connectivity index (χ1) is 23.3. The molecule has 2 aliphatic rings. The van der Waals surface area contributed by atoms with Crippen LogP contribution in [0.1, 0.15) is 73.0 Å². The number of amides is 1. The van der Waals surface area contributed by atoms with Gasteiger partial charge in [0.25, 0.3) is 5.91 Å². The molecule has 0 bridgehead atoms. The smallest absolute Gasteiger partial charge is 0.306 e. The number of rotatable bonds is 12. The van der Waals surface area contributed by atoms with Crippen molar-refractivity contribution < 1.29 is 19.1 Å². The Hall–Kier alpha value is -4.42. The summed E-state index contributed by atoms with van der Waals surface area (Å²) in [5.74, 6) is 0.714. The number of esters is 1. The van der Waals surface area contributed by atoms with Gasteiger partial charge in [-0.15, -0.1) is 0 Å².